The van der Waals surface area contributed by atoms with Crippen LogP contribution in [0.5, 0.6) is 5.75 Å². The Bertz CT molecular complexity index is 850. The van der Waals surface area contributed by atoms with E-state index in [2.05, 4.69) is 5.32 Å². The van der Waals surface area contributed by atoms with E-state index in [0.29, 0.717) is 18.2 Å². The number of amides is 1. The standard InChI is InChI=1S/C19H23NO4S2/c1-14(21)20-13-18-11-12-19(25-18)26(22,23)24-17-9-7-16(8-10-17)15-5-3-2-4-6-15/h7-12,15H,2-6,13H2,1H3,(H,20,21). The molecule has 3 rings (SSSR count). The summed E-state index contributed by atoms with van der Waals surface area (Å²) in [6.45, 7) is 1.73. The molecule has 5 nitrogen and oxygen atoms in total. The van der Waals surface area contributed by atoms with Crippen LogP contribution in [-0.2, 0) is 21.5 Å². The van der Waals surface area contributed by atoms with E-state index in [9.17, 15) is 13.2 Å². The average Bonchev–Trinajstić information content (AvgIpc) is 3.11. The van der Waals surface area contributed by atoms with Crippen LogP contribution in [0.2, 0.25) is 0 Å². The number of thiophene rings is 1. The first-order valence-electron chi connectivity index (χ1n) is 8.81. The molecule has 0 spiro atoms. The molecule has 2 aromatic rings. The Labute approximate surface area is 158 Å². The van der Waals surface area contributed by atoms with Crippen molar-refractivity contribution in [2.45, 2.75) is 55.7 Å². The summed E-state index contributed by atoms with van der Waals surface area (Å²) >= 11 is 1.10. The van der Waals surface area contributed by atoms with Crippen molar-refractivity contribution < 1.29 is 17.4 Å². The van der Waals surface area contributed by atoms with Gasteiger partial charge in [0.25, 0.3) is 0 Å². The van der Waals surface area contributed by atoms with Crippen molar-refractivity contribution in [1.82, 2.24) is 5.32 Å². The Morgan fingerprint density at radius 1 is 1.12 bits per heavy atom. The van der Waals surface area contributed by atoms with Crippen LogP contribution in [0.1, 0.15) is 55.4 Å². The third kappa shape index (κ3) is 4.86. The van der Waals surface area contributed by atoms with E-state index in [4.69, 9.17) is 4.18 Å². The van der Waals surface area contributed by atoms with Crippen molar-refractivity contribution >= 4 is 27.4 Å². The molecule has 26 heavy (non-hydrogen) atoms. The van der Waals surface area contributed by atoms with Crippen LogP contribution in [0.4, 0.5) is 0 Å². The second-order valence-electron chi connectivity index (χ2n) is 6.57. The summed E-state index contributed by atoms with van der Waals surface area (Å²) in [5.74, 6) is 0.738. The molecule has 1 aromatic carbocycles. The van der Waals surface area contributed by atoms with Gasteiger partial charge in [0.1, 0.15) is 5.75 Å². The van der Waals surface area contributed by atoms with Gasteiger partial charge in [0.2, 0.25) is 5.91 Å². The Kier molecular flexibility index (Phi) is 5.98. The molecule has 7 heteroatoms. The highest BCUT2D eigenvalue weighted by Crippen LogP contribution is 2.33. The minimum Gasteiger partial charge on any atom is -0.378 e. The van der Waals surface area contributed by atoms with Gasteiger partial charge in [-0.25, -0.2) is 0 Å². The molecule has 0 aliphatic heterocycles. The fourth-order valence-corrected chi connectivity index (χ4v) is 5.39. The van der Waals surface area contributed by atoms with Gasteiger partial charge in [-0.3, -0.25) is 4.79 Å². The van der Waals surface area contributed by atoms with Crippen molar-refractivity contribution in [3.8, 4) is 5.75 Å². The second kappa shape index (κ2) is 8.22. The molecule has 1 heterocycles. The summed E-state index contributed by atoms with van der Waals surface area (Å²) in [7, 11) is -3.86. The van der Waals surface area contributed by atoms with Crippen LogP contribution in [0, 0.1) is 0 Å². The zero-order valence-electron chi connectivity index (χ0n) is 14.7. The molecular weight excluding hydrogens is 370 g/mol. The molecule has 1 amide bonds. The van der Waals surface area contributed by atoms with Crippen LogP contribution in [-0.4, -0.2) is 14.3 Å². The number of benzene rings is 1. The van der Waals surface area contributed by atoms with Gasteiger partial charge in [0, 0.05) is 11.8 Å². The van der Waals surface area contributed by atoms with E-state index in [1.54, 1.807) is 18.2 Å². The zero-order valence-corrected chi connectivity index (χ0v) is 16.4. The molecule has 1 aliphatic carbocycles. The monoisotopic (exact) mass is 393 g/mol. The number of hydrogen-bond donors (Lipinski definition) is 1. The maximum absolute atomic E-state index is 12.4. The molecule has 140 valence electrons. The molecule has 0 bridgehead atoms. The molecule has 1 aromatic heterocycles. The fraction of sp³-hybridized carbons (Fsp3) is 0.421. The summed E-state index contributed by atoms with van der Waals surface area (Å²) in [6.07, 6.45) is 6.23. The topological polar surface area (TPSA) is 72.5 Å². The van der Waals surface area contributed by atoms with Gasteiger partial charge in [-0.15, -0.1) is 11.3 Å². The number of hydrogen-bond acceptors (Lipinski definition) is 5. The number of carbonyl (C=O) groups excluding carboxylic acids is 1. The predicted molar refractivity (Wildman–Crippen MR) is 102 cm³/mol. The Balaban J connectivity index is 1.66. The van der Waals surface area contributed by atoms with Crippen molar-refractivity contribution in [3.05, 3.63) is 46.8 Å². The summed E-state index contributed by atoms with van der Waals surface area (Å²) < 4.78 is 30.3. The quantitative estimate of drug-likeness (QED) is 0.747. The zero-order chi connectivity index (χ0) is 18.6. The summed E-state index contributed by atoms with van der Waals surface area (Å²) in [6, 6.07) is 10.6. The van der Waals surface area contributed by atoms with E-state index in [-0.39, 0.29) is 10.1 Å². The lowest BCUT2D eigenvalue weighted by molar-refractivity contribution is -0.119. The van der Waals surface area contributed by atoms with Crippen LogP contribution in [0.25, 0.3) is 0 Å². The van der Waals surface area contributed by atoms with Crippen LogP contribution < -0.4 is 9.50 Å². The van der Waals surface area contributed by atoms with Crippen molar-refractivity contribution in [2.24, 2.45) is 0 Å². The van der Waals surface area contributed by atoms with Crippen molar-refractivity contribution in [1.29, 1.82) is 0 Å². The van der Waals surface area contributed by atoms with Crippen LogP contribution in [0.15, 0.2) is 40.6 Å². The Hall–Kier alpha value is -1.86. The van der Waals surface area contributed by atoms with Gasteiger partial charge < -0.3 is 9.50 Å². The van der Waals surface area contributed by atoms with E-state index in [0.717, 1.165) is 16.2 Å². The number of carbonyl (C=O) groups is 1. The van der Waals surface area contributed by atoms with E-state index in [1.165, 1.54) is 50.7 Å². The smallest absolute Gasteiger partial charge is 0.348 e. The second-order valence-corrected chi connectivity index (χ2v) is 9.51. The minimum absolute atomic E-state index is 0.134. The fourth-order valence-electron chi connectivity index (χ4n) is 3.20. The van der Waals surface area contributed by atoms with Gasteiger partial charge in [0.05, 0.1) is 6.54 Å². The maximum Gasteiger partial charge on any atom is 0.348 e. The number of rotatable bonds is 6. The first kappa shape index (κ1) is 18.9. The van der Waals surface area contributed by atoms with Crippen LogP contribution >= 0.6 is 11.3 Å². The highest BCUT2D eigenvalue weighted by Gasteiger charge is 2.20. The highest BCUT2D eigenvalue weighted by molar-refractivity contribution is 7.89. The Morgan fingerprint density at radius 3 is 2.46 bits per heavy atom. The molecule has 1 fully saturated rings. The van der Waals surface area contributed by atoms with Gasteiger partial charge in [-0.05, 0) is 48.6 Å². The van der Waals surface area contributed by atoms with E-state index >= 15 is 0 Å². The average molecular weight is 394 g/mol. The third-order valence-corrected chi connectivity index (χ3v) is 7.34. The first-order valence-corrected chi connectivity index (χ1v) is 11.0. The molecular formula is C19H23NO4S2. The van der Waals surface area contributed by atoms with Gasteiger partial charge in [-0.2, -0.15) is 8.42 Å². The maximum atomic E-state index is 12.4. The lowest BCUT2D eigenvalue weighted by Crippen LogP contribution is -2.18. The number of nitrogens with one attached hydrogen (secondary N) is 1. The molecule has 0 saturated heterocycles. The molecule has 1 N–H and O–H groups in total. The predicted octanol–water partition coefficient (Wildman–Crippen LogP) is 4.20. The van der Waals surface area contributed by atoms with E-state index < -0.39 is 10.1 Å². The van der Waals surface area contributed by atoms with Gasteiger partial charge in [-0.1, -0.05) is 31.4 Å². The third-order valence-electron chi connectivity index (χ3n) is 4.56. The molecule has 0 unspecified atom stereocenters. The van der Waals surface area contributed by atoms with Crippen LogP contribution in [0.3, 0.4) is 0 Å². The molecule has 0 atom stereocenters. The van der Waals surface area contributed by atoms with E-state index in [1.807, 2.05) is 12.1 Å². The molecule has 1 aliphatic rings. The first-order chi connectivity index (χ1) is 12.4. The molecule has 1 saturated carbocycles. The molecule has 0 radical (unpaired) electrons. The summed E-state index contributed by atoms with van der Waals surface area (Å²) in [5.41, 5.74) is 1.25. The largest absolute Gasteiger partial charge is 0.378 e. The van der Waals surface area contributed by atoms with Crippen molar-refractivity contribution in [3.63, 3.8) is 0 Å². The van der Waals surface area contributed by atoms with Gasteiger partial charge >= 0.3 is 10.1 Å². The highest BCUT2D eigenvalue weighted by atomic mass is 32.3. The minimum atomic E-state index is -3.86. The van der Waals surface area contributed by atoms with Gasteiger partial charge in [0.15, 0.2) is 4.21 Å². The summed E-state index contributed by atoms with van der Waals surface area (Å²) in [4.78, 5) is 11.7. The normalized spacial score (nSPS) is 15.6. The summed E-state index contributed by atoms with van der Waals surface area (Å²) in [5, 5.41) is 2.65. The Morgan fingerprint density at radius 2 is 1.81 bits per heavy atom. The lowest BCUT2D eigenvalue weighted by Gasteiger charge is -2.22. The van der Waals surface area contributed by atoms with Crippen molar-refractivity contribution in [2.75, 3.05) is 0 Å². The SMILES string of the molecule is CC(=O)NCc1ccc(S(=O)(=O)Oc2ccc(C3CCCCC3)cc2)s1. The lowest BCUT2D eigenvalue weighted by atomic mass is 9.84.